The van der Waals surface area contributed by atoms with Crippen LogP contribution in [0.1, 0.15) is 69.6 Å². The van der Waals surface area contributed by atoms with Gasteiger partial charge in [-0.25, -0.2) is 4.98 Å². The number of anilines is 1. The van der Waals surface area contributed by atoms with E-state index in [4.69, 9.17) is 19.2 Å². The van der Waals surface area contributed by atoms with Crippen molar-refractivity contribution in [2.75, 3.05) is 51.7 Å². The third-order valence-electron chi connectivity index (χ3n) is 9.20. The molecule has 9 heteroatoms. The van der Waals surface area contributed by atoms with E-state index in [2.05, 4.69) is 40.9 Å². The van der Waals surface area contributed by atoms with Crippen LogP contribution in [0.25, 0.3) is 11.5 Å². The molecule has 0 bridgehead atoms. The average Bonchev–Trinajstić information content (AvgIpc) is 3.53. The zero-order chi connectivity index (χ0) is 25.6. The van der Waals surface area contributed by atoms with Crippen molar-refractivity contribution in [1.82, 2.24) is 24.9 Å². The molecule has 2 aliphatic carbocycles. The van der Waals surface area contributed by atoms with E-state index in [1.807, 2.05) is 6.07 Å². The molecule has 37 heavy (non-hydrogen) atoms. The summed E-state index contributed by atoms with van der Waals surface area (Å²) >= 11 is 0. The third-order valence-corrected chi connectivity index (χ3v) is 9.20. The first kappa shape index (κ1) is 24.8. The first-order chi connectivity index (χ1) is 17.9. The molecule has 0 N–H and O–H groups in total. The van der Waals surface area contributed by atoms with E-state index < -0.39 is 5.41 Å². The Labute approximate surface area is 219 Å². The van der Waals surface area contributed by atoms with Gasteiger partial charge in [-0.1, -0.05) is 11.6 Å². The number of aromatic nitrogens is 3. The van der Waals surface area contributed by atoms with Crippen molar-refractivity contribution in [2.24, 2.45) is 0 Å². The van der Waals surface area contributed by atoms with Gasteiger partial charge in [-0.3, -0.25) is 9.69 Å². The zero-order valence-electron chi connectivity index (χ0n) is 22.5. The van der Waals surface area contributed by atoms with Crippen LogP contribution in [0.5, 0.6) is 5.88 Å². The summed E-state index contributed by atoms with van der Waals surface area (Å²) in [6, 6.07) is 2.36. The number of hydrogen-bond donors (Lipinski definition) is 0. The first-order valence-electron chi connectivity index (χ1n) is 14.2. The number of carbonyl (C=O) groups is 1. The fourth-order valence-corrected chi connectivity index (χ4v) is 6.94. The second-order valence-corrected chi connectivity index (χ2v) is 11.6. The van der Waals surface area contributed by atoms with Crippen molar-refractivity contribution < 1.29 is 14.1 Å². The fourth-order valence-electron chi connectivity index (χ4n) is 6.94. The van der Waals surface area contributed by atoms with Crippen molar-refractivity contribution in [1.29, 1.82) is 0 Å². The largest absolute Gasteiger partial charge is 0.473 e. The van der Waals surface area contributed by atoms with E-state index in [1.165, 1.54) is 6.42 Å². The standard InChI is InChI=1S/C28H40N6O3/c1-19(21-9-7-13-33(21)3)36-24-18-23(34-16-14-32(2)15-17-34)29-27(30-24)25-20-8-6-12-28(26(20)37-31-25)11-5-4-10-22(28)35/h18-19,21H,4-17H2,1-3H3/t19-,21-,28+/m0/s1. The smallest absolute Gasteiger partial charge is 0.219 e. The van der Waals surface area contributed by atoms with Gasteiger partial charge in [0, 0.05) is 50.3 Å². The Balaban J connectivity index is 1.37. The van der Waals surface area contributed by atoms with Crippen LogP contribution >= 0.6 is 0 Å². The molecule has 1 spiro atoms. The molecule has 1 saturated carbocycles. The van der Waals surface area contributed by atoms with Gasteiger partial charge < -0.3 is 19.1 Å². The fraction of sp³-hybridized carbons (Fsp3) is 0.714. The molecule has 2 aromatic heterocycles. The van der Waals surface area contributed by atoms with E-state index in [0.29, 0.717) is 35.6 Å². The average molecular weight is 509 g/mol. The quantitative estimate of drug-likeness (QED) is 0.602. The molecule has 2 aromatic rings. The summed E-state index contributed by atoms with van der Waals surface area (Å²) in [5.41, 5.74) is 1.19. The number of rotatable bonds is 5. The molecule has 6 rings (SSSR count). The van der Waals surface area contributed by atoms with E-state index in [1.54, 1.807) is 0 Å². The van der Waals surface area contributed by atoms with Gasteiger partial charge in [0.2, 0.25) is 5.88 Å². The van der Waals surface area contributed by atoms with Gasteiger partial charge in [0.25, 0.3) is 0 Å². The highest BCUT2D eigenvalue weighted by Crippen LogP contribution is 2.47. The van der Waals surface area contributed by atoms with Gasteiger partial charge >= 0.3 is 0 Å². The molecule has 3 fully saturated rings. The summed E-state index contributed by atoms with van der Waals surface area (Å²) in [6.45, 7) is 7.03. The minimum Gasteiger partial charge on any atom is -0.473 e. The highest BCUT2D eigenvalue weighted by molar-refractivity contribution is 5.91. The molecule has 2 saturated heterocycles. The number of ketones is 1. The predicted molar refractivity (Wildman–Crippen MR) is 141 cm³/mol. The Bertz CT molecular complexity index is 1140. The lowest BCUT2D eigenvalue weighted by molar-refractivity contribution is -0.128. The van der Waals surface area contributed by atoms with Crippen LogP contribution < -0.4 is 9.64 Å². The van der Waals surface area contributed by atoms with Gasteiger partial charge in [0.1, 0.15) is 17.7 Å². The number of likely N-dealkylation sites (N-methyl/N-ethyl adjacent to an activating group) is 2. The summed E-state index contributed by atoms with van der Waals surface area (Å²) in [5, 5.41) is 4.52. The number of carbonyl (C=O) groups excluding carboxylic acids is 1. The molecule has 2 aliphatic heterocycles. The van der Waals surface area contributed by atoms with E-state index >= 15 is 0 Å². The summed E-state index contributed by atoms with van der Waals surface area (Å²) in [7, 11) is 4.32. The molecule has 9 nitrogen and oxygen atoms in total. The number of nitrogens with zero attached hydrogens (tertiary/aromatic N) is 6. The van der Waals surface area contributed by atoms with Crippen molar-refractivity contribution in [3.63, 3.8) is 0 Å². The predicted octanol–water partition coefficient (Wildman–Crippen LogP) is 3.46. The van der Waals surface area contributed by atoms with Gasteiger partial charge in [-0.05, 0) is 72.5 Å². The molecule has 3 atom stereocenters. The lowest BCUT2D eigenvalue weighted by atomic mass is 9.64. The third kappa shape index (κ3) is 4.54. The van der Waals surface area contributed by atoms with E-state index in [0.717, 1.165) is 94.8 Å². The Morgan fingerprint density at radius 1 is 1.03 bits per heavy atom. The Kier molecular flexibility index (Phi) is 6.69. The Hall–Kier alpha value is -2.52. The van der Waals surface area contributed by atoms with Gasteiger partial charge in [-0.2, -0.15) is 4.98 Å². The summed E-state index contributed by atoms with van der Waals surface area (Å²) in [6.07, 6.45) is 8.53. The molecule has 200 valence electrons. The number of hydrogen-bond acceptors (Lipinski definition) is 9. The maximum absolute atomic E-state index is 13.1. The van der Waals surface area contributed by atoms with Crippen molar-refractivity contribution in [3.05, 3.63) is 17.4 Å². The van der Waals surface area contributed by atoms with Crippen LogP contribution in [0.3, 0.4) is 0 Å². The summed E-state index contributed by atoms with van der Waals surface area (Å²) < 4.78 is 12.5. The Morgan fingerprint density at radius 2 is 1.84 bits per heavy atom. The molecule has 4 heterocycles. The number of likely N-dealkylation sites (tertiary alicyclic amines) is 1. The van der Waals surface area contributed by atoms with Crippen LogP contribution in [0, 0.1) is 0 Å². The van der Waals surface area contributed by atoms with Gasteiger partial charge in [-0.15, -0.1) is 0 Å². The van der Waals surface area contributed by atoms with E-state index in [9.17, 15) is 4.79 Å². The van der Waals surface area contributed by atoms with Crippen molar-refractivity contribution >= 4 is 11.6 Å². The van der Waals surface area contributed by atoms with Crippen LogP contribution in [-0.2, 0) is 16.6 Å². The van der Waals surface area contributed by atoms with Gasteiger partial charge in [0.15, 0.2) is 17.3 Å². The lowest BCUT2D eigenvalue weighted by Gasteiger charge is -2.36. The summed E-state index contributed by atoms with van der Waals surface area (Å²) in [5.74, 6) is 3.09. The minimum absolute atomic E-state index is 0.0185. The normalized spacial score (nSPS) is 28.0. The number of fused-ring (bicyclic) bond motifs is 2. The molecular formula is C28H40N6O3. The highest BCUT2D eigenvalue weighted by Gasteiger charge is 2.48. The van der Waals surface area contributed by atoms with Crippen molar-refractivity contribution in [2.45, 2.75) is 82.3 Å². The highest BCUT2D eigenvalue weighted by atomic mass is 16.5. The van der Waals surface area contributed by atoms with Crippen LogP contribution in [0.4, 0.5) is 5.82 Å². The second kappa shape index (κ2) is 9.98. The minimum atomic E-state index is -0.507. The molecule has 0 aromatic carbocycles. The summed E-state index contributed by atoms with van der Waals surface area (Å²) in [4.78, 5) is 30.1. The maximum atomic E-state index is 13.1. The van der Waals surface area contributed by atoms with Crippen molar-refractivity contribution in [3.8, 4) is 17.4 Å². The topological polar surface area (TPSA) is 87.8 Å². The molecule has 0 amide bonds. The number of piperazine rings is 1. The second-order valence-electron chi connectivity index (χ2n) is 11.6. The first-order valence-corrected chi connectivity index (χ1v) is 14.2. The monoisotopic (exact) mass is 508 g/mol. The number of Topliss-reactive ketones (excluding diaryl/α,β-unsaturated/α-hetero) is 1. The SMILES string of the molecule is C[C@H](Oc1cc(N2CCN(C)CC2)nc(-c2noc3c2CCC[C@@]32CCCCC2=O)n1)[C@@H]1CCCN1C. The molecular weight excluding hydrogens is 468 g/mol. The molecule has 0 radical (unpaired) electrons. The van der Waals surface area contributed by atoms with Gasteiger partial charge in [0.05, 0.1) is 5.41 Å². The Morgan fingerprint density at radius 3 is 2.59 bits per heavy atom. The van der Waals surface area contributed by atoms with Crippen LogP contribution in [0.2, 0.25) is 0 Å². The number of ether oxygens (including phenoxy) is 1. The zero-order valence-corrected chi connectivity index (χ0v) is 22.5. The lowest BCUT2D eigenvalue weighted by Crippen LogP contribution is -2.45. The van der Waals surface area contributed by atoms with E-state index in [-0.39, 0.29) is 6.10 Å². The van der Waals surface area contributed by atoms with Crippen LogP contribution in [-0.4, -0.2) is 89.7 Å². The molecule has 4 aliphatic rings. The molecule has 0 unspecified atom stereocenters. The maximum Gasteiger partial charge on any atom is 0.219 e. The van der Waals surface area contributed by atoms with Crippen LogP contribution in [0.15, 0.2) is 10.6 Å².